The molecular formula is C47H38N6Na2O14S4. The summed E-state index contributed by atoms with van der Waals surface area (Å²) in [7, 11) is -18.4. The van der Waals surface area contributed by atoms with Gasteiger partial charge in [0.1, 0.15) is 55.5 Å². The van der Waals surface area contributed by atoms with E-state index in [9.17, 15) is 53.0 Å². The number of benzene rings is 8. The van der Waals surface area contributed by atoms with Crippen LogP contribution in [0.15, 0.2) is 186 Å². The zero-order valence-electron chi connectivity index (χ0n) is 38.8. The van der Waals surface area contributed by atoms with Gasteiger partial charge in [-0.2, -0.15) is 33.7 Å². The summed E-state index contributed by atoms with van der Waals surface area (Å²) in [5.74, 6) is -1.25. The third-order valence-electron chi connectivity index (χ3n) is 11.1. The van der Waals surface area contributed by atoms with Crippen molar-refractivity contribution in [2.45, 2.75) is 38.8 Å². The molecule has 0 aliphatic rings. The second kappa shape index (κ2) is 21.5. The topological polar surface area (TPSA) is 337 Å². The van der Waals surface area contributed by atoms with Gasteiger partial charge in [-0.15, -0.1) is 20.5 Å². The molecule has 0 unspecified atom stereocenters. The van der Waals surface area contributed by atoms with Crippen molar-refractivity contribution in [1.29, 1.82) is 0 Å². The molecule has 8 N–H and O–H groups in total. The Morgan fingerprint density at radius 3 is 1.15 bits per heavy atom. The van der Waals surface area contributed by atoms with Gasteiger partial charge in [0.25, 0.3) is 20.2 Å². The molecule has 73 heavy (non-hydrogen) atoms. The van der Waals surface area contributed by atoms with E-state index >= 15 is 0 Å². The Hall–Kier alpha value is -6.00. The zero-order valence-corrected chi connectivity index (χ0v) is 46.1. The van der Waals surface area contributed by atoms with Crippen molar-refractivity contribution in [3.05, 3.63) is 157 Å². The maximum Gasteiger partial charge on any atom is 0.341 e. The third-order valence-corrected chi connectivity index (χ3v) is 15.3. The number of aromatic hydroxyl groups is 2. The number of hydrogen-bond acceptors (Lipinski definition) is 18. The summed E-state index contributed by atoms with van der Waals surface area (Å²) >= 11 is 0. The van der Waals surface area contributed by atoms with Gasteiger partial charge < -0.3 is 30.0 Å². The Balaban J connectivity index is 0.00000435. The molecular weight excluding hydrogens is 1050 g/mol. The van der Waals surface area contributed by atoms with Gasteiger partial charge in [0.15, 0.2) is 0 Å². The van der Waals surface area contributed by atoms with Crippen LogP contribution in [0, 0.1) is 0 Å². The number of phenolic OH excluding ortho intramolecular Hbond substituents is 2. The molecule has 0 heterocycles. The van der Waals surface area contributed by atoms with E-state index in [0.29, 0.717) is 0 Å². The number of phenols is 2. The summed E-state index contributed by atoms with van der Waals surface area (Å²) in [4.78, 5) is -1.87. The number of azo groups is 2. The van der Waals surface area contributed by atoms with Crippen LogP contribution in [0.3, 0.4) is 0 Å². The number of anilines is 2. The third kappa shape index (κ3) is 12.0. The van der Waals surface area contributed by atoms with E-state index in [2.05, 4.69) is 20.5 Å². The molecule has 20 nitrogen and oxygen atoms in total. The van der Waals surface area contributed by atoms with Crippen LogP contribution in [-0.4, -0.2) is 112 Å². The summed E-state index contributed by atoms with van der Waals surface area (Å²) < 4.78 is 132. The van der Waals surface area contributed by atoms with Crippen LogP contribution in [0.25, 0.3) is 21.5 Å². The first-order valence-electron chi connectivity index (χ1n) is 20.5. The average Bonchev–Trinajstić information content (AvgIpc) is 3.30. The van der Waals surface area contributed by atoms with Crippen LogP contribution in [0.2, 0.25) is 0 Å². The van der Waals surface area contributed by atoms with Crippen LogP contribution in [0.5, 0.6) is 23.0 Å². The number of fused-ring (bicyclic) bond motifs is 2. The molecule has 0 saturated carbocycles. The summed E-state index contributed by atoms with van der Waals surface area (Å²) in [6.07, 6.45) is 0. The fraction of sp³-hybridized carbons (Fsp3) is 0.0638. The van der Waals surface area contributed by atoms with E-state index in [1.54, 1.807) is 24.3 Å². The van der Waals surface area contributed by atoms with E-state index in [-0.39, 0.29) is 136 Å². The Bertz CT molecular complexity index is 3740. The van der Waals surface area contributed by atoms with Crippen LogP contribution >= 0.6 is 0 Å². The normalized spacial score (nSPS) is 12.4. The molecule has 26 heteroatoms. The van der Waals surface area contributed by atoms with Gasteiger partial charge in [-0.25, -0.2) is 0 Å². The summed E-state index contributed by atoms with van der Waals surface area (Å²) in [5, 5.41) is 38.1. The van der Waals surface area contributed by atoms with E-state index in [1.807, 2.05) is 13.8 Å². The zero-order chi connectivity index (χ0) is 51.3. The van der Waals surface area contributed by atoms with Crippen molar-refractivity contribution in [1.82, 2.24) is 0 Å². The molecule has 0 aliphatic heterocycles. The van der Waals surface area contributed by atoms with Crippen LogP contribution in [0.4, 0.5) is 34.1 Å². The number of nitrogens with zero attached hydrogens (tertiary/aromatic N) is 4. The van der Waals surface area contributed by atoms with Gasteiger partial charge in [-0.1, -0.05) is 74.5 Å². The van der Waals surface area contributed by atoms with Crippen molar-refractivity contribution in [2.24, 2.45) is 20.5 Å². The molecule has 2 radical (unpaired) electrons. The molecule has 0 spiro atoms. The average molecular weight is 1090 g/mol. The largest absolute Gasteiger partial charge is 0.507 e. The van der Waals surface area contributed by atoms with Crippen molar-refractivity contribution in [2.75, 3.05) is 11.5 Å². The maximum absolute atomic E-state index is 13.7. The summed E-state index contributed by atoms with van der Waals surface area (Å²) in [5.41, 5.74) is 12.5. The van der Waals surface area contributed by atoms with Gasteiger partial charge >= 0.3 is 20.2 Å². The monoisotopic (exact) mass is 1080 g/mol. The van der Waals surface area contributed by atoms with Gasteiger partial charge in [0.2, 0.25) is 0 Å². The van der Waals surface area contributed by atoms with Gasteiger partial charge in [-0.05, 0) is 94.7 Å². The number of rotatable bonds is 14. The first-order valence-corrected chi connectivity index (χ1v) is 26.2. The Morgan fingerprint density at radius 1 is 0.466 bits per heavy atom. The van der Waals surface area contributed by atoms with Gasteiger partial charge in [-0.3, -0.25) is 9.11 Å². The first kappa shape index (κ1) is 56.3. The van der Waals surface area contributed by atoms with E-state index in [4.69, 9.17) is 19.8 Å². The first-order chi connectivity index (χ1) is 33.3. The van der Waals surface area contributed by atoms with Crippen molar-refractivity contribution in [3.63, 3.8) is 0 Å². The van der Waals surface area contributed by atoms with Gasteiger partial charge in [0.05, 0.1) is 31.9 Å². The SMILES string of the molecule is CC(C)(c1ccc(OS(=O)(=O)c2ccccc2N=Nc2c(N)ccc3cc(S(=O)(=O)O)cc(O)c23)cc1)c1ccc(OS(=O)(=O)c2ccccc2N=Nc2c(N)ccc3cc(S(=O)(=O)O)cc(O)c23)cc1.[Na].[Na]. The van der Waals surface area contributed by atoms with Crippen LogP contribution < -0.4 is 19.8 Å². The molecule has 0 saturated heterocycles. The fourth-order valence-electron chi connectivity index (χ4n) is 7.42. The molecule has 366 valence electrons. The molecule has 0 atom stereocenters. The molecule has 0 amide bonds. The molecule has 0 fully saturated rings. The summed E-state index contributed by atoms with van der Waals surface area (Å²) in [6, 6.07) is 32.9. The van der Waals surface area contributed by atoms with Crippen LogP contribution in [-0.2, 0) is 45.9 Å². The molecule has 8 aromatic rings. The molecule has 8 rings (SSSR count). The standard InChI is InChI=1S/C47H38N6O14S4.2Na/c1-47(2,29-13-17-31(18-14-29)66-70(62,63)41-9-5-3-7-37(41)50-52-45-35(48)21-11-27-23-33(68(56,57)58)25-39(54)43(27)45)30-15-19-32(20-16-30)67-71(64,65)42-10-6-4-8-38(42)51-53-46-36(49)22-12-28-24-34(69(59,60)61)26-40(55)44(28)46;;/h3-26,54-55H,48-49H2,1-2H3,(H,56,57,58)(H,59,60,61);;. The Morgan fingerprint density at radius 2 is 0.808 bits per heavy atom. The van der Waals surface area contributed by atoms with Crippen molar-refractivity contribution in [3.8, 4) is 23.0 Å². The van der Waals surface area contributed by atoms with Crippen molar-refractivity contribution >= 4 is 155 Å². The smallest absolute Gasteiger partial charge is 0.341 e. The Kier molecular flexibility index (Phi) is 16.5. The second-order valence-electron chi connectivity index (χ2n) is 16.1. The van der Waals surface area contributed by atoms with Crippen LogP contribution in [0.1, 0.15) is 25.0 Å². The predicted molar refractivity (Wildman–Crippen MR) is 273 cm³/mol. The minimum Gasteiger partial charge on any atom is -0.507 e. The molecule has 0 bridgehead atoms. The summed E-state index contributed by atoms with van der Waals surface area (Å²) in [6.45, 7) is 3.78. The second-order valence-corrected chi connectivity index (χ2v) is 22.0. The quantitative estimate of drug-likeness (QED) is 0.0194. The van der Waals surface area contributed by atoms with Crippen molar-refractivity contribution < 1.29 is 61.4 Å². The van der Waals surface area contributed by atoms with Gasteiger partial charge in [0, 0.05) is 76.7 Å². The number of hydrogen-bond donors (Lipinski definition) is 6. The van der Waals surface area contributed by atoms with E-state index in [0.717, 1.165) is 35.4 Å². The number of nitrogen functional groups attached to an aromatic ring is 2. The molecule has 0 aliphatic carbocycles. The van der Waals surface area contributed by atoms with E-state index in [1.165, 1.54) is 97.1 Å². The Labute approximate surface area is 462 Å². The maximum atomic E-state index is 13.7. The minimum atomic E-state index is -4.67. The van der Waals surface area contributed by atoms with E-state index < -0.39 is 67.2 Å². The molecule has 8 aromatic carbocycles. The predicted octanol–water partition coefficient (Wildman–Crippen LogP) is 8.99. The fourth-order valence-corrected chi connectivity index (χ4v) is 10.6. The molecule has 0 aromatic heterocycles. The minimum absolute atomic E-state index is 0. The number of nitrogens with two attached hydrogens (primary N) is 2.